The molecule has 0 saturated heterocycles. The van der Waals surface area contributed by atoms with Gasteiger partial charge in [0.15, 0.2) is 0 Å². The fourth-order valence-electron chi connectivity index (χ4n) is 1.70. The summed E-state index contributed by atoms with van der Waals surface area (Å²) >= 11 is 3.30. The number of rotatable bonds is 3. The fraction of sp³-hybridized carbons (Fsp3) is 0.133. The smallest absolute Gasteiger partial charge is 0.417 e. The molecule has 21 heavy (non-hydrogen) atoms. The molecule has 2 rings (SSSR count). The Morgan fingerprint density at radius 2 is 1.76 bits per heavy atom. The highest BCUT2D eigenvalue weighted by Gasteiger charge is 2.33. The van der Waals surface area contributed by atoms with Gasteiger partial charge in [0, 0.05) is 4.47 Å². The van der Waals surface area contributed by atoms with Crippen molar-refractivity contribution in [2.24, 2.45) is 0 Å². The van der Waals surface area contributed by atoms with E-state index >= 15 is 0 Å². The lowest BCUT2D eigenvalue weighted by Crippen LogP contribution is -2.08. The van der Waals surface area contributed by atoms with Gasteiger partial charge in [-0.2, -0.15) is 18.4 Å². The Bertz CT molecular complexity index is 675. The molecule has 6 heteroatoms. The zero-order valence-electron chi connectivity index (χ0n) is 10.6. The summed E-state index contributed by atoms with van der Waals surface area (Å²) < 4.78 is 44.3. The van der Waals surface area contributed by atoms with Gasteiger partial charge in [0.25, 0.3) is 0 Å². The lowest BCUT2D eigenvalue weighted by Gasteiger charge is -2.11. The SMILES string of the molecule is N#Cc1cc(OCc2ccc(Br)cc2)ccc1C(F)(F)F. The number of hydrogen-bond donors (Lipinski definition) is 0. The molecule has 0 heterocycles. The van der Waals surface area contributed by atoms with Gasteiger partial charge in [0.2, 0.25) is 0 Å². The molecule has 0 atom stereocenters. The van der Waals surface area contributed by atoms with Crippen molar-refractivity contribution in [3.8, 4) is 11.8 Å². The maximum Gasteiger partial charge on any atom is 0.417 e. The average molecular weight is 356 g/mol. The molecule has 2 nitrogen and oxygen atoms in total. The van der Waals surface area contributed by atoms with Crippen LogP contribution in [0.3, 0.4) is 0 Å². The van der Waals surface area contributed by atoms with Crippen molar-refractivity contribution in [2.45, 2.75) is 12.8 Å². The third-order valence-electron chi connectivity index (χ3n) is 2.74. The van der Waals surface area contributed by atoms with E-state index in [1.54, 1.807) is 6.07 Å². The van der Waals surface area contributed by atoms with Crippen molar-refractivity contribution in [3.05, 3.63) is 63.6 Å². The number of alkyl halides is 3. The molecule has 108 valence electrons. The van der Waals surface area contributed by atoms with Crippen molar-refractivity contribution >= 4 is 15.9 Å². The van der Waals surface area contributed by atoms with Gasteiger partial charge < -0.3 is 4.74 Å². The minimum absolute atomic E-state index is 0.212. The summed E-state index contributed by atoms with van der Waals surface area (Å²) in [5.41, 5.74) is -0.534. The number of nitriles is 1. The van der Waals surface area contributed by atoms with Crippen LogP contribution in [0.2, 0.25) is 0 Å². The van der Waals surface area contributed by atoms with Gasteiger partial charge in [0.1, 0.15) is 12.4 Å². The molecule has 0 aliphatic carbocycles. The lowest BCUT2D eigenvalue weighted by molar-refractivity contribution is -0.137. The van der Waals surface area contributed by atoms with Crippen molar-refractivity contribution in [3.63, 3.8) is 0 Å². The summed E-state index contributed by atoms with van der Waals surface area (Å²) in [4.78, 5) is 0. The van der Waals surface area contributed by atoms with Gasteiger partial charge >= 0.3 is 6.18 Å². The Hall–Kier alpha value is -2.00. The zero-order valence-corrected chi connectivity index (χ0v) is 12.2. The largest absolute Gasteiger partial charge is 0.489 e. The second kappa shape index (κ2) is 6.19. The van der Waals surface area contributed by atoms with Gasteiger partial charge in [0.05, 0.1) is 17.2 Å². The van der Waals surface area contributed by atoms with Crippen LogP contribution in [0.15, 0.2) is 46.9 Å². The van der Waals surface area contributed by atoms with Crippen molar-refractivity contribution in [1.29, 1.82) is 5.26 Å². The predicted molar refractivity (Wildman–Crippen MR) is 74.6 cm³/mol. The molecule has 0 fully saturated rings. The van der Waals surface area contributed by atoms with Crippen molar-refractivity contribution < 1.29 is 17.9 Å². The van der Waals surface area contributed by atoms with E-state index in [1.165, 1.54) is 6.07 Å². The Kier molecular flexibility index (Phi) is 4.53. The highest BCUT2D eigenvalue weighted by atomic mass is 79.9. The molecule has 0 N–H and O–H groups in total. The second-order valence-corrected chi connectivity index (χ2v) is 5.15. The summed E-state index contributed by atoms with van der Waals surface area (Å²) in [7, 11) is 0. The van der Waals surface area contributed by atoms with Crippen LogP contribution in [0.5, 0.6) is 5.75 Å². The summed E-state index contributed by atoms with van der Waals surface area (Å²) in [6.45, 7) is 0.212. The standard InChI is InChI=1S/C15H9BrF3NO/c16-12-3-1-10(2-4-12)9-21-13-5-6-14(15(17,18)19)11(7-13)8-20/h1-7H,9H2. The topological polar surface area (TPSA) is 33.0 Å². The van der Waals surface area contributed by atoms with Crippen LogP contribution < -0.4 is 4.74 Å². The number of nitrogens with zero attached hydrogens (tertiary/aromatic N) is 1. The second-order valence-electron chi connectivity index (χ2n) is 4.23. The first-order valence-corrected chi connectivity index (χ1v) is 6.68. The third-order valence-corrected chi connectivity index (χ3v) is 3.26. The van der Waals surface area contributed by atoms with Crippen LogP contribution >= 0.6 is 15.9 Å². The summed E-state index contributed by atoms with van der Waals surface area (Å²) in [5.74, 6) is 0.225. The zero-order chi connectivity index (χ0) is 15.5. The Morgan fingerprint density at radius 1 is 1.10 bits per heavy atom. The number of halogens is 4. The van der Waals surface area contributed by atoms with E-state index in [-0.39, 0.29) is 12.4 Å². The van der Waals surface area contributed by atoms with E-state index < -0.39 is 17.3 Å². The molecule has 0 spiro atoms. The number of benzene rings is 2. The quantitative estimate of drug-likeness (QED) is 0.782. The normalized spacial score (nSPS) is 11.0. The van der Waals surface area contributed by atoms with E-state index in [2.05, 4.69) is 15.9 Å². The first-order chi connectivity index (χ1) is 9.90. The van der Waals surface area contributed by atoms with E-state index in [0.717, 1.165) is 22.2 Å². The van der Waals surface area contributed by atoms with Gasteiger partial charge in [-0.15, -0.1) is 0 Å². The highest BCUT2D eigenvalue weighted by Crippen LogP contribution is 2.33. The van der Waals surface area contributed by atoms with E-state index in [0.29, 0.717) is 0 Å². The first kappa shape index (κ1) is 15.4. The Labute approximate surface area is 127 Å². The molecule has 0 unspecified atom stereocenters. The minimum Gasteiger partial charge on any atom is -0.489 e. The maximum absolute atomic E-state index is 12.7. The molecule has 0 bridgehead atoms. The summed E-state index contributed by atoms with van der Waals surface area (Å²) in [6, 6.07) is 12.1. The van der Waals surface area contributed by atoms with Gasteiger partial charge in [-0.05, 0) is 35.9 Å². The van der Waals surface area contributed by atoms with Gasteiger partial charge in [-0.1, -0.05) is 28.1 Å². The van der Waals surface area contributed by atoms with Crippen molar-refractivity contribution in [1.82, 2.24) is 0 Å². The molecule has 0 aliphatic heterocycles. The lowest BCUT2D eigenvalue weighted by atomic mass is 10.1. The summed E-state index contributed by atoms with van der Waals surface area (Å²) in [5, 5.41) is 8.81. The number of hydrogen-bond acceptors (Lipinski definition) is 2. The van der Waals surface area contributed by atoms with Crippen molar-refractivity contribution in [2.75, 3.05) is 0 Å². The molecular formula is C15H9BrF3NO. The minimum atomic E-state index is -4.55. The molecule has 2 aromatic rings. The van der Waals surface area contributed by atoms with E-state index in [4.69, 9.17) is 10.00 Å². The highest BCUT2D eigenvalue weighted by molar-refractivity contribution is 9.10. The van der Waals surface area contributed by atoms with Crippen LogP contribution in [0.25, 0.3) is 0 Å². The molecule has 0 saturated carbocycles. The molecule has 2 aromatic carbocycles. The molecule has 0 radical (unpaired) electrons. The monoisotopic (exact) mass is 355 g/mol. The predicted octanol–water partition coefficient (Wildman–Crippen LogP) is 4.92. The van der Waals surface area contributed by atoms with Crippen LogP contribution in [0.1, 0.15) is 16.7 Å². The summed E-state index contributed by atoms with van der Waals surface area (Å²) in [6.07, 6.45) is -4.55. The maximum atomic E-state index is 12.7. The van der Waals surface area contributed by atoms with Gasteiger partial charge in [-0.25, -0.2) is 0 Å². The number of ether oxygens (including phenoxy) is 1. The van der Waals surface area contributed by atoms with Crippen LogP contribution in [0, 0.1) is 11.3 Å². The molecular weight excluding hydrogens is 347 g/mol. The Morgan fingerprint density at radius 3 is 2.33 bits per heavy atom. The van der Waals surface area contributed by atoms with Crippen LogP contribution in [-0.4, -0.2) is 0 Å². The third kappa shape index (κ3) is 3.99. The van der Waals surface area contributed by atoms with Gasteiger partial charge in [-0.3, -0.25) is 0 Å². The van der Waals surface area contributed by atoms with Crippen LogP contribution in [-0.2, 0) is 12.8 Å². The molecule has 0 aromatic heterocycles. The van der Waals surface area contributed by atoms with E-state index in [9.17, 15) is 13.2 Å². The molecule has 0 aliphatic rings. The Balaban J connectivity index is 2.15. The average Bonchev–Trinajstić information content (AvgIpc) is 2.45. The first-order valence-electron chi connectivity index (χ1n) is 5.89. The van der Waals surface area contributed by atoms with Crippen LogP contribution in [0.4, 0.5) is 13.2 Å². The fourth-order valence-corrected chi connectivity index (χ4v) is 1.96. The van der Waals surface area contributed by atoms with E-state index in [1.807, 2.05) is 24.3 Å². The molecule has 0 amide bonds.